The molecule has 15 heavy (non-hydrogen) atoms. The third-order valence-electron chi connectivity index (χ3n) is 4.55. The summed E-state index contributed by atoms with van der Waals surface area (Å²) in [5.41, 5.74) is 3.47. The van der Waals surface area contributed by atoms with Crippen molar-refractivity contribution in [1.82, 2.24) is 4.90 Å². The average Bonchev–Trinajstić information content (AvgIpc) is 2.75. The van der Waals surface area contributed by atoms with Crippen molar-refractivity contribution < 1.29 is 0 Å². The zero-order valence-electron chi connectivity index (χ0n) is 9.87. The molecule has 1 heteroatoms. The van der Waals surface area contributed by atoms with Gasteiger partial charge in [-0.15, -0.1) is 0 Å². The number of hydrogen-bond acceptors (Lipinski definition) is 1. The average molecular weight is 203 g/mol. The maximum Gasteiger partial charge on any atom is 0.0375 e. The van der Waals surface area contributed by atoms with Gasteiger partial charge in [-0.05, 0) is 50.8 Å². The summed E-state index contributed by atoms with van der Waals surface area (Å²) in [7, 11) is 4.50. The molecule has 0 amide bonds. The fourth-order valence-corrected chi connectivity index (χ4v) is 4.05. The van der Waals surface area contributed by atoms with Gasteiger partial charge in [0.25, 0.3) is 0 Å². The Hall–Kier alpha value is -0.560. The molecule has 0 saturated heterocycles. The van der Waals surface area contributed by atoms with E-state index in [4.69, 9.17) is 0 Å². The minimum absolute atomic E-state index is 0.726. The van der Waals surface area contributed by atoms with E-state index in [1.165, 1.54) is 32.1 Å². The predicted molar refractivity (Wildman–Crippen MR) is 63.7 cm³/mol. The summed E-state index contributed by atoms with van der Waals surface area (Å²) in [5.74, 6) is 1.86. The Morgan fingerprint density at radius 2 is 2.00 bits per heavy atom. The Labute approximate surface area is 92.8 Å². The van der Waals surface area contributed by atoms with Gasteiger partial charge in [-0.2, -0.15) is 0 Å². The molecule has 0 aromatic heterocycles. The first-order valence-electron chi connectivity index (χ1n) is 6.35. The number of hydrogen-bond donors (Lipinski definition) is 0. The highest BCUT2D eigenvalue weighted by molar-refractivity contribution is 5.44. The molecule has 0 heterocycles. The van der Waals surface area contributed by atoms with E-state index in [1.54, 1.807) is 11.1 Å². The van der Waals surface area contributed by atoms with Gasteiger partial charge in [0.1, 0.15) is 0 Å². The van der Waals surface area contributed by atoms with Gasteiger partial charge in [-0.1, -0.05) is 30.6 Å². The zero-order valence-corrected chi connectivity index (χ0v) is 9.87. The van der Waals surface area contributed by atoms with Gasteiger partial charge >= 0.3 is 0 Å². The van der Waals surface area contributed by atoms with E-state index in [2.05, 4.69) is 31.1 Å². The number of allylic oxidation sites excluding steroid dienone is 2. The van der Waals surface area contributed by atoms with Gasteiger partial charge < -0.3 is 4.90 Å². The van der Waals surface area contributed by atoms with Gasteiger partial charge in [-0.3, -0.25) is 0 Å². The van der Waals surface area contributed by atoms with Gasteiger partial charge in [0.05, 0.1) is 0 Å². The highest BCUT2D eigenvalue weighted by Gasteiger charge is 2.43. The summed E-state index contributed by atoms with van der Waals surface area (Å²) in [4.78, 5) is 2.45. The first-order chi connectivity index (χ1) is 7.29. The summed E-state index contributed by atoms with van der Waals surface area (Å²) in [6, 6.07) is 0.726. The van der Waals surface area contributed by atoms with Crippen LogP contribution in [0.3, 0.4) is 0 Å². The second-order valence-corrected chi connectivity index (χ2v) is 5.55. The molecule has 82 valence electrons. The number of rotatable bonds is 1. The summed E-state index contributed by atoms with van der Waals surface area (Å²) in [6.07, 6.45) is 11.8. The second kappa shape index (κ2) is 3.48. The third kappa shape index (κ3) is 1.32. The summed E-state index contributed by atoms with van der Waals surface area (Å²) in [6.45, 7) is 0. The Kier molecular flexibility index (Phi) is 2.24. The molecule has 0 aliphatic heterocycles. The van der Waals surface area contributed by atoms with Crippen molar-refractivity contribution in [2.24, 2.45) is 11.8 Å². The SMILES string of the molecule is CN(C)[C@H]1C2=C(CC=C2)C2CCCCC21. The van der Waals surface area contributed by atoms with Crippen LogP contribution in [0.5, 0.6) is 0 Å². The van der Waals surface area contributed by atoms with E-state index in [0.29, 0.717) is 0 Å². The fraction of sp³-hybridized carbons (Fsp3) is 0.714. The van der Waals surface area contributed by atoms with Gasteiger partial charge in [-0.25, -0.2) is 0 Å². The normalized spacial score (nSPS) is 38.7. The first kappa shape index (κ1) is 9.65. The molecule has 0 spiro atoms. The molecule has 3 atom stereocenters. The highest BCUT2D eigenvalue weighted by Crippen LogP contribution is 2.50. The van der Waals surface area contributed by atoms with E-state index in [1.807, 2.05) is 0 Å². The van der Waals surface area contributed by atoms with Gasteiger partial charge in [0.15, 0.2) is 0 Å². The van der Waals surface area contributed by atoms with Crippen LogP contribution in [0.15, 0.2) is 23.3 Å². The van der Waals surface area contributed by atoms with Crippen molar-refractivity contribution in [3.8, 4) is 0 Å². The Bertz CT molecular complexity index is 324. The number of likely N-dealkylation sites (N-methyl/N-ethyl adjacent to an activating group) is 1. The van der Waals surface area contributed by atoms with E-state index in [0.717, 1.165) is 17.9 Å². The quantitative estimate of drug-likeness (QED) is 0.633. The maximum atomic E-state index is 2.45. The van der Waals surface area contributed by atoms with Gasteiger partial charge in [0, 0.05) is 6.04 Å². The van der Waals surface area contributed by atoms with Crippen LogP contribution in [0, 0.1) is 11.8 Å². The lowest BCUT2D eigenvalue weighted by Crippen LogP contribution is -2.37. The van der Waals surface area contributed by atoms with Crippen LogP contribution < -0.4 is 0 Å². The van der Waals surface area contributed by atoms with E-state index < -0.39 is 0 Å². The molecule has 0 bridgehead atoms. The van der Waals surface area contributed by atoms with Crippen molar-refractivity contribution in [3.05, 3.63) is 23.3 Å². The van der Waals surface area contributed by atoms with Crippen molar-refractivity contribution in [3.63, 3.8) is 0 Å². The monoisotopic (exact) mass is 203 g/mol. The summed E-state index contributed by atoms with van der Waals surface area (Å²) in [5, 5.41) is 0. The second-order valence-electron chi connectivity index (χ2n) is 5.55. The lowest BCUT2D eigenvalue weighted by Gasteiger charge is -2.35. The lowest BCUT2D eigenvalue weighted by atomic mass is 9.76. The van der Waals surface area contributed by atoms with Crippen LogP contribution >= 0.6 is 0 Å². The van der Waals surface area contributed by atoms with Crippen LogP contribution in [0.2, 0.25) is 0 Å². The third-order valence-corrected chi connectivity index (χ3v) is 4.55. The highest BCUT2D eigenvalue weighted by atomic mass is 15.1. The lowest BCUT2D eigenvalue weighted by molar-refractivity contribution is 0.180. The first-order valence-corrected chi connectivity index (χ1v) is 6.35. The smallest absolute Gasteiger partial charge is 0.0375 e. The van der Waals surface area contributed by atoms with Crippen molar-refractivity contribution in [1.29, 1.82) is 0 Å². The minimum Gasteiger partial charge on any atom is -0.302 e. The molecule has 0 aromatic carbocycles. The molecule has 3 aliphatic rings. The Balaban J connectivity index is 1.96. The van der Waals surface area contributed by atoms with Crippen LogP contribution in [0.1, 0.15) is 32.1 Å². The summed E-state index contributed by atoms with van der Waals surface area (Å²) >= 11 is 0. The van der Waals surface area contributed by atoms with Crippen molar-refractivity contribution in [2.75, 3.05) is 14.1 Å². The fourth-order valence-electron chi connectivity index (χ4n) is 4.05. The molecule has 2 unspecified atom stereocenters. The Morgan fingerprint density at radius 3 is 2.80 bits per heavy atom. The minimum atomic E-state index is 0.726. The van der Waals surface area contributed by atoms with E-state index in [9.17, 15) is 0 Å². The maximum absolute atomic E-state index is 2.45. The molecular formula is C14H21N. The molecule has 1 saturated carbocycles. The number of nitrogens with zero attached hydrogens (tertiary/aromatic N) is 1. The topological polar surface area (TPSA) is 3.24 Å². The van der Waals surface area contributed by atoms with Crippen LogP contribution in [-0.2, 0) is 0 Å². The molecule has 1 nitrogen and oxygen atoms in total. The van der Waals surface area contributed by atoms with Crippen LogP contribution in [0.25, 0.3) is 0 Å². The van der Waals surface area contributed by atoms with Gasteiger partial charge in [0.2, 0.25) is 0 Å². The molecule has 0 radical (unpaired) electrons. The largest absolute Gasteiger partial charge is 0.302 e. The van der Waals surface area contributed by atoms with Crippen molar-refractivity contribution in [2.45, 2.75) is 38.1 Å². The van der Waals surface area contributed by atoms with Crippen LogP contribution in [0.4, 0.5) is 0 Å². The molecular weight excluding hydrogens is 182 g/mol. The van der Waals surface area contributed by atoms with E-state index >= 15 is 0 Å². The van der Waals surface area contributed by atoms with Crippen molar-refractivity contribution >= 4 is 0 Å². The molecule has 1 fully saturated rings. The van der Waals surface area contributed by atoms with Crippen LogP contribution in [-0.4, -0.2) is 25.0 Å². The number of fused-ring (bicyclic) bond motifs is 2. The standard InChI is InChI=1S/C14H21N/c1-15(2)14-12-7-4-3-6-10(12)11-8-5-9-13(11)14/h5,9-10,12,14H,3-4,6-8H2,1-2H3/t10?,12?,14-/m1/s1. The van der Waals surface area contributed by atoms with E-state index in [-0.39, 0.29) is 0 Å². The zero-order chi connectivity index (χ0) is 10.4. The predicted octanol–water partition coefficient (Wildman–Crippen LogP) is 2.99. The molecule has 3 aliphatic carbocycles. The summed E-state index contributed by atoms with van der Waals surface area (Å²) < 4.78 is 0. The Morgan fingerprint density at radius 1 is 1.20 bits per heavy atom. The molecule has 0 aromatic rings. The molecule has 0 N–H and O–H groups in total. The molecule has 3 rings (SSSR count).